The minimum Gasteiger partial charge on any atom is -0.330 e. The van der Waals surface area contributed by atoms with E-state index in [1.165, 1.54) is 6.07 Å². The Hall–Kier alpha value is -2.47. The molecule has 0 saturated heterocycles. The lowest BCUT2D eigenvalue weighted by Gasteiger charge is -2.08. The van der Waals surface area contributed by atoms with Crippen molar-refractivity contribution in [2.24, 2.45) is 5.73 Å². The molecule has 0 fully saturated rings. The molecule has 4 N–H and O–H groups in total. The lowest BCUT2D eigenvalue weighted by atomic mass is 10.1. The first-order valence-corrected chi connectivity index (χ1v) is 8.83. The molecular weight excluding hydrogens is 316 g/mol. The fourth-order valence-corrected chi connectivity index (χ4v) is 2.58. The number of hydrogen-bond donors (Lipinski definition) is 3. The predicted octanol–water partition coefficient (Wildman–Crippen LogP) is 2.85. The Labute approximate surface area is 147 Å². The summed E-state index contributed by atoms with van der Waals surface area (Å²) < 4.78 is 0. The number of carbonyl (C=O) groups excluding carboxylic acids is 1. The zero-order chi connectivity index (χ0) is 18.1. The fraction of sp³-hybridized carbons (Fsp3) is 0.421. The first-order chi connectivity index (χ1) is 12.1. The maximum atomic E-state index is 12.0. The first kappa shape index (κ1) is 18.9. The average molecular weight is 342 g/mol. The number of rotatable bonds is 9. The summed E-state index contributed by atoms with van der Waals surface area (Å²) in [6.45, 7) is 2.66. The molecule has 1 aromatic heterocycles. The van der Waals surface area contributed by atoms with Crippen LogP contribution in [0.25, 0.3) is 11.4 Å². The van der Waals surface area contributed by atoms with E-state index in [2.05, 4.69) is 15.3 Å². The van der Waals surface area contributed by atoms with Gasteiger partial charge >= 0.3 is 0 Å². The Morgan fingerprint density at radius 1 is 1.20 bits per heavy atom. The van der Waals surface area contributed by atoms with E-state index in [9.17, 15) is 9.59 Å². The van der Waals surface area contributed by atoms with E-state index in [1.54, 1.807) is 0 Å². The minimum absolute atomic E-state index is 0.00587. The number of amides is 1. The van der Waals surface area contributed by atoms with Gasteiger partial charge in [-0.25, -0.2) is 4.98 Å². The Kier molecular flexibility index (Phi) is 7.35. The first-order valence-electron chi connectivity index (χ1n) is 8.83. The smallest absolute Gasteiger partial charge is 0.251 e. The summed E-state index contributed by atoms with van der Waals surface area (Å²) >= 11 is 0. The van der Waals surface area contributed by atoms with E-state index >= 15 is 0 Å². The van der Waals surface area contributed by atoms with Gasteiger partial charge in [-0.2, -0.15) is 0 Å². The third-order valence-corrected chi connectivity index (χ3v) is 3.93. The monoisotopic (exact) mass is 342 g/mol. The Morgan fingerprint density at radius 3 is 2.76 bits per heavy atom. The quantitative estimate of drug-likeness (QED) is 0.610. The van der Waals surface area contributed by atoms with Crippen molar-refractivity contribution in [3.8, 4) is 11.4 Å². The summed E-state index contributed by atoms with van der Waals surface area (Å²) in [6.07, 6.45) is 5.13. The molecule has 0 unspecified atom stereocenters. The van der Waals surface area contributed by atoms with E-state index < -0.39 is 0 Å². The third-order valence-electron chi connectivity index (χ3n) is 3.93. The highest BCUT2D eigenvalue weighted by Gasteiger charge is 2.06. The maximum Gasteiger partial charge on any atom is 0.251 e. The number of H-pyrrole nitrogens is 1. The largest absolute Gasteiger partial charge is 0.330 e. The molecule has 25 heavy (non-hydrogen) atoms. The van der Waals surface area contributed by atoms with Crippen LogP contribution in [0.4, 0.5) is 5.69 Å². The maximum absolute atomic E-state index is 12.0. The van der Waals surface area contributed by atoms with Crippen molar-refractivity contribution in [3.05, 3.63) is 46.4 Å². The SMILES string of the molecule is CCc1cc(=O)[nH]c(-c2cccc(NC(=O)CCCCCCN)c2)n1. The second-order valence-corrected chi connectivity index (χ2v) is 6.02. The molecule has 2 aromatic rings. The molecule has 0 saturated carbocycles. The Morgan fingerprint density at radius 2 is 2.00 bits per heavy atom. The van der Waals surface area contributed by atoms with Gasteiger partial charge in [-0.3, -0.25) is 9.59 Å². The fourth-order valence-electron chi connectivity index (χ4n) is 2.58. The predicted molar refractivity (Wildman–Crippen MR) is 100 cm³/mol. The van der Waals surface area contributed by atoms with Crippen LogP contribution in [-0.2, 0) is 11.2 Å². The number of hydrogen-bond acceptors (Lipinski definition) is 4. The van der Waals surface area contributed by atoms with Gasteiger partial charge in [0.15, 0.2) is 0 Å². The van der Waals surface area contributed by atoms with E-state index in [4.69, 9.17) is 5.73 Å². The number of nitrogens with two attached hydrogens (primary N) is 1. The number of carbonyl (C=O) groups is 1. The summed E-state index contributed by atoms with van der Waals surface area (Å²) in [4.78, 5) is 30.9. The number of benzene rings is 1. The van der Waals surface area contributed by atoms with Crippen LogP contribution in [0.3, 0.4) is 0 Å². The minimum atomic E-state index is -0.172. The van der Waals surface area contributed by atoms with Crippen molar-refractivity contribution >= 4 is 11.6 Å². The highest BCUT2D eigenvalue weighted by Crippen LogP contribution is 2.19. The van der Waals surface area contributed by atoms with Gasteiger partial charge in [0.2, 0.25) is 5.91 Å². The second-order valence-electron chi connectivity index (χ2n) is 6.02. The van der Waals surface area contributed by atoms with Crippen molar-refractivity contribution in [2.75, 3.05) is 11.9 Å². The van der Waals surface area contributed by atoms with Crippen LogP contribution in [0, 0.1) is 0 Å². The highest BCUT2D eigenvalue weighted by atomic mass is 16.1. The van der Waals surface area contributed by atoms with Gasteiger partial charge < -0.3 is 16.0 Å². The van der Waals surface area contributed by atoms with Crippen molar-refractivity contribution in [1.82, 2.24) is 9.97 Å². The molecule has 1 aromatic carbocycles. The molecule has 6 nitrogen and oxygen atoms in total. The van der Waals surface area contributed by atoms with Crippen LogP contribution >= 0.6 is 0 Å². The van der Waals surface area contributed by atoms with Crippen molar-refractivity contribution in [1.29, 1.82) is 0 Å². The molecule has 1 heterocycles. The van der Waals surface area contributed by atoms with Crippen LogP contribution < -0.4 is 16.6 Å². The van der Waals surface area contributed by atoms with E-state index in [1.807, 2.05) is 31.2 Å². The number of aryl methyl sites for hydroxylation is 1. The zero-order valence-corrected chi connectivity index (χ0v) is 14.7. The van der Waals surface area contributed by atoms with Crippen molar-refractivity contribution in [3.63, 3.8) is 0 Å². The number of unbranched alkanes of at least 4 members (excludes halogenated alkanes) is 3. The normalized spacial score (nSPS) is 10.6. The van der Waals surface area contributed by atoms with Gasteiger partial charge in [0.25, 0.3) is 5.56 Å². The van der Waals surface area contributed by atoms with Crippen LogP contribution in [0.2, 0.25) is 0 Å². The molecule has 6 heteroatoms. The molecule has 0 atom stereocenters. The second kappa shape index (κ2) is 9.74. The molecule has 0 aliphatic rings. The Bertz CT molecular complexity index is 755. The van der Waals surface area contributed by atoms with Crippen molar-refractivity contribution in [2.45, 2.75) is 45.4 Å². The average Bonchev–Trinajstić information content (AvgIpc) is 2.61. The van der Waals surface area contributed by atoms with Crippen LogP contribution in [0.15, 0.2) is 35.1 Å². The number of anilines is 1. The molecule has 0 aliphatic heterocycles. The molecule has 1 amide bonds. The van der Waals surface area contributed by atoms with Crippen molar-refractivity contribution < 1.29 is 4.79 Å². The van der Waals surface area contributed by atoms with Gasteiger partial charge in [-0.05, 0) is 37.9 Å². The van der Waals surface area contributed by atoms with Gasteiger partial charge in [0, 0.05) is 29.4 Å². The molecular formula is C19H26N4O2. The van der Waals surface area contributed by atoms with E-state index in [0.29, 0.717) is 30.9 Å². The lowest BCUT2D eigenvalue weighted by Crippen LogP contribution is -2.12. The highest BCUT2D eigenvalue weighted by molar-refractivity contribution is 5.91. The van der Waals surface area contributed by atoms with Crippen LogP contribution in [-0.4, -0.2) is 22.4 Å². The molecule has 134 valence electrons. The van der Waals surface area contributed by atoms with Gasteiger partial charge in [-0.15, -0.1) is 0 Å². The summed E-state index contributed by atoms with van der Waals surface area (Å²) in [5.74, 6) is 0.510. The molecule has 0 bridgehead atoms. The van der Waals surface area contributed by atoms with Gasteiger partial charge in [0.1, 0.15) is 5.82 Å². The van der Waals surface area contributed by atoms with E-state index in [-0.39, 0.29) is 11.5 Å². The van der Waals surface area contributed by atoms with Gasteiger partial charge in [-0.1, -0.05) is 31.9 Å². The molecule has 0 radical (unpaired) electrons. The van der Waals surface area contributed by atoms with Crippen LogP contribution in [0.5, 0.6) is 0 Å². The summed E-state index contributed by atoms with van der Waals surface area (Å²) in [5, 5.41) is 2.90. The summed E-state index contributed by atoms with van der Waals surface area (Å²) in [5.41, 5.74) is 7.50. The Balaban J connectivity index is 2.00. The number of nitrogens with one attached hydrogen (secondary N) is 2. The van der Waals surface area contributed by atoms with Crippen LogP contribution in [0.1, 0.15) is 44.7 Å². The third kappa shape index (κ3) is 6.15. The van der Waals surface area contributed by atoms with Gasteiger partial charge in [0.05, 0.1) is 0 Å². The molecule has 2 rings (SSSR count). The summed E-state index contributed by atoms with van der Waals surface area (Å²) in [7, 11) is 0. The number of aromatic amines is 1. The number of nitrogens with zero attached hydrogens (tertiary/aromatic N) is 1. The lowest BCUT2D eigenvalue weighted by molar-refractivity contribution is -0.116. The zero-order valence-electron chi connectivity index (χ0n) is 14.7. The standard InChI is InChI=1S/C19H26N4O2/c1-2-15-13-18(25)23-19(22-15)14-8-7-9-16(12-14)21-17(24)10-5-3-4-6-11-20/h7-9,12-13H,2-6,10-11,20H2,1H3,(H,21,24)(H,22,23,25). The summed E-state index contributed by atoms with van der Waals surface area (Å²) in [6, 6.07) is 8.85. The molecule has 0 spiro atoms. The van der Waals surface area contributed by atoms with E-state index in [0.717, 1.165) is 36.9 Å². The number of aromatic nitrogens is 2. The molecule has 0 aliphatic carbocycles. The topological polar surface area (TPSA) is 101 Å².